The zero-order valence-electron chi connectivity index (χ0n) is 11.4. The molecule has 0 atom stereocenters. The number of aromatic nitrogens is 3. The van der Waals surface area contributed by atoms with Crippen LogP contribution in [-0.2, 0) is 4.74 Å². The molecule has 0 aliphatic carbocycles. The molecular formula is C14H12BrN3O3. The predicted molar refractivity (Wildman–Crippen MR) is 79.9 cm³/mol. The van der Waals surface area contributed by atoms with Gasteiger partial charge in [0.05, 0.1) is 23.5 Å². The van der Waals surface area contributed by atoms with Gasteiger partial charge in [-0.25, -0.2) is 19.3 Å². The van der Waals surface area contributed by atoms with Crippen molar-refractivity contribution in [2.75, 3.05) is 0 Å². The van der Waals surface area contributed by atoms with Crippen LogP contribution in [-0.4, -0.2) is 26.7 Å². The number of pyridine rings is 1. The smallest absolute Gasteiger partial charge is 0.419 e. The molecule has 7 heteroatoms. The highest BCUT2D eigenvalue weighted by atomic mass is 79.9. The fourth-order valence-corrected chi connectivity index (χ4v) is 2.37. The normalized spacial score (nSPS) is 11.2. The van der Waals surface area contributed by atoms with Gasteiger partial charge in [0.25, 0.3) is 0 Å². The molecule has 0 aliphatic rings. The molecule has 3 aromatic rings. The Hall–Kier alpha value is -2.15. The summed E-state index contributed by atoms with van der Waals surface area (Å²) in [5.74, 6) is 0.489. The third-order valence-corrected chi connectivity index (χ3v) is 3.29. The first-order valence-corrected chi connectivity index (χ1v) is 7.12. The van der Waals surface area contributed by atoms with Gasteiger partial charge in [-0.15, -0.1) is 0 Å². The van der Waals surface area contributed by atoms with Crippen molar-refractivity contribution in [3.8, 4) is 11.5 Å². The summed E-state index contributed by atoms with van der Waals surface area (Å²) in [5, 5.41) is 0.810. The number of rotatable bonds is 2. The summed E-state index contributed by atoms with van der Waals surface area (Å²) in [6.45, 7) is 3.60. The van der Waals surface area contributed by atoms with Gasteiger partial charge >= 0.3 is 6.09 Å². The number of nitrogens with zero attached hydrogens (tertiary/aromatic N) is 3. The van der Waals surface area contributed by atoms with Crippen LogP contribution in [0.25, 0.3) is 22.4 Å². The maximum atomic E-state index is 12.4. The average molecular weight is 350 g/mol. The van der Waals surface area contributed by atoms with Crippen LogP contribution in [0.5, 0.6) is 0 Å². The number of hydrogen-bond acceptors (Lipinski definition) is 5. The number of fused-ring (bicyclic) bond motifs is 1. The molecule has 0 aliphatic heterocycles. The number of carbonyl (C=O) groups is 1. The van der Waals surface area contributed by atoms with Crippen LogP contribution < -0.4 is 0 Å². The van der Waals surface area contributed by atoms with Gasteiger partial charge in [0, 0.05) is 11.6 Å². The molecule has 21 heavy (non-hydrogen) atoms. The number of oxazole rings is 1. The number of ether oxygens (including phenoxy) is 1. The largest absolute Gasteiger partial charge is 0.446 e. The molecule has 0 N–H and O–H groups in total. The Kier molecular flexibility index (Phi) is 3.50. The van der Waals surface area contributed by atoms with Gasteiger partial charge in [0.2, 0.25) is 0 Å². The van der Waals surface area contributed by atoms with Gasteiger partial charge in [0.1, 0.15) is 4.60 Å². The molecule has 6 nitrogen and oxygen atoms in total. The quantitative estimate of drug-likeness (QED) is 0.657. The summed E-state index contributed by atoms with van der Waals surface area (Å²) in [4.78, 5) is 20.5. The molecule has 0 spiro atoms. The minimum absolute atomic E-state index is 0.220. The summed E-state index contributed by atoms with van der Waals surface area (Å²) < 4.78 is 12.7. The Bertz CT molecular complexity index is 793. The Balaban J connectivity index is 2.24. The van der Waals surface area contributed by atoms with Gasteiger partial charge < -0.3 is 9.15 Å². The lowest BCUT2D eigenvalue weighted by Crippen LogP contribution is -2.18. The van der Waals surface area contributed by atoms with E-state index in [4.69, 9.17) is 9.15 Å². The van der Waals surface area contributed by atoms with E-state index in [1.165, 1.54) is 11.0 Å². The van der Waals surface area contributed by atoms with Gasteiger partial charge in [-0.05, 0) is 41.9 Å². The molecule has 3 rings (SSSR count). The van der Waals surface area contributed by atoms with Crippen molar-refractivity contribution < 1.29 is 13.9 Å². The Morgan fingerprint density at radius 1 is 1.38 bits per heavy atom. The third kappa shape index (κ3) is 2.56. The lowest BCUT2D eigenvalue weighted by molar-refractivity contribution is 0.118. The SMILES string of the molecule is CC(C)OC(=O)n1c(-c2cnco2)cc2cnc(Br)cc21. The fourth-order valence-electron chi connectivity index (χ4n) is 2.05. The lowest BCUT2D eigenvalue weighted by atomic mass is 10.3. The highest BCUT2D eigenvalue weighted by molar-refractivity contribution is 9.10. The second kappa shape index (κ2) is 5.33. The lowest BCUT2D eigenvalue weighted by Gasteiger charge is -2.11. The van der Waals surface area contributed by atoms with E-state index in [2.05, 4.69) is 25.9 Å². The summed E-state index contributed by atoms with van der Waals surface area (Å²) in [6.07, 6.45) is 3.86. The van der Waals surface area contributed by atoms with Crippen LogP contribution in [0.3, 0.4) is 0 Å². The topological polar surface area (TPSA) is 70.2 Å². The van der Waals surface area contributed by atoms with Gasteiger partial charge in [-0.3, -0.25) is 0 Å². The van der Waals surface area contributed by atoms with E-state index in [1.807, 2.05) is 6.07 Å². The summed E-state index contributed by atoms with van der Waals surface area (Å²) in [7, 11) is 0. The van der Waals surface area contributed by atoms with Crippen molar-refractivity contribution in [3.63, 3.8) is 0 Å². The van der Waals surface area contributed by atoms with Gasteiger partial charge in [0.15, 0.2) is 12.2 Å². The predicted octanol–water partition coefficient (Wildman–Crippen LogP) is 3.85. The van der Waals surface area contributed by atoms with E-state index in [-0.39, 0.29) is 6.10 Å². The molecule has 108 valence electrons. The molecule has 3 aromatic heterocycles. The zero-order valence-corrected chi connectivity index (χ0v) is 13.0. The van der Waals surface area contributed by atoms with Crippen LogP contribution >= 0.6 is 15.9 Å². The van der Waals surface area contributed by atoms with Gasteiger partial charge in [-0.1, -0.05) is 0 Å². The second-order valence-corrected chi connectivity index (χ2v) is 5.54. The second-order valence-electron chi connectivity index (χ2n) is 4.73. The van der Waals surface area contributed by atoms with Gasteiger partial charge in [-0.2, -0.15) is 0 Å². The average Bonchev–Trinajstić information content (AvgIpc) is 3.03. The van der Waals surface area contributed by atoms with Crippen LogP contribution in [0, 0.1) is 0 Å². The highest BCUT2D eigenvalue weighted by Crippen LogP contribution is 2.29. The maximum Gasteiger partial charge on any atom is 0.419 e. The standard InChI is InChI=1S/C14H12BrN3O3/c1-8(2)21-14(19)18-10-4-13(15)17-5-9(10)3-11(18)12-6-16-7-20-12/h3-8H,1-2H3. The molecule has 0 aromatic carbocycles. The first-order valence-electron chi connectivity index (χ1n) is 6.33. The molecule has 0 saturated carbocycles. The minimum Gasteiger partial charge on any atom is -0.446 e. The van der Waals surface area contributed by atoms with Crippen LogP contribution in [0.1, 0.15) is 13.8 Å². The van der Waals surface area contributed by atoms with Crippen LogP contribution in [0.2, 0.25) is 0 Å². The third-order valence-electron chi connectivity index (χ3n) is 2.86. The Morgan fingerprint density at radius 2 is 2.19 bits per heavy atom. The van der Waals surface area contributed by atoms with Crippen molar-refractivity contribution >= 4 is 32.9 Å². The maximum absolute atomic E-state index is 12.4. The van der Waals surface area contributed by atoms with Crippen molar-refractivity contribution in [1.29, 1.82) is 0 Å². The molecular weight excluding hydrogens is 338 g/mol. The Labute approximate surface area is 128 Å². The molecule has 0 amide bonds. The van der Waals surface area contributed by atoms with E-state index in [0.29, 0.717) is 21.6 Å². The van der Waals surface area contributed by atoms with Crippen LogP contribution in [0.15, 0.2) is 39.9 Å². The summed E-state index contributed by atoms with van der Waals surface area (Å²) >= 11 is 3.31. The summed E-state index contributed by atoms with van der Waals surface area (Å²) in [5.41, 5.74) is 1.27. The molecule has 3 heterocycles. The molecule has 0 unspecified atom stereocenters. The molecule has 0 fully saturated rings. The number of carbonyl (C=O) groups excluding carboxylic acids is 1. The number of halogens is 1. The fraction of sp³-hybridized carbons (Fsp3) is 0.214. The van der Waals surface area contributed by atoms with Crippen molar-refractivity contribution in [1.82, 2.24) is 14.5 Å². The molecule has 0 bridgehead atoms. The van der Waals surface area contributed by atoms with Crippen molar-refractivity contribution in [2.24, 2.45) is 0 Å². The highest BCUT2D eigenvalue weighted by Gasteiger charge is 2.20. The zero-order chi connectivity index (χ0) is 15.0. The van der Waals surface area contributed by atoms with E-state index in [1.54, 1.807) is 32.3 Å². The summed E-state index contributed by atoms with van der Waals surface area (Å²) in [6, 6.07) is 3.58. The van der Waals surface area contributed by atoms with Crippen molar-refractivity contribution in [2.45, 2.75) is 20.0 Å². The minimum atomic E-state index is -0.468. The first-order chi connectivity index (χ1) is 10.1. The van der Waals surface area contributed by atoms with E-state index < -0.39 is 6.09 Å². The Morgan fingerprint density at radius 3 is 2.86 bits per heavy atom. The molecule has 0 radical (unpaired) electrons. The van der Waals surface area contributed by atoms with E-state index >= 15 is 0 Å². The van der Waals surface area contributed by atoms with E-state index in [9.17, 15) is 4.79 Å². The van der Waals surface area contributed by atoms with Crippen molar-refractivity contribution in [3.05, 3.63) is 35.5 Å². The first kappa shape index (κ1) is 13.8. The monoisotopic (exact) mass is 349 g/mol. The number of hydrogen-bond donors (Lipinski definition) is 0. The van der Waals surface area contributed by atoms with Crippen LogP contribution in [0.4, 0.5) is 4.79 Å². The van der Waals surface area contributed by atoms with E-state index in [0.717, 1.165) is 5.39 Å². The molecule has 0 saturated heterocycles.